The van der Waals surface area contributed by atoms with E-state index in [1.165, 1.54) is 0 Å². The third-order valence-electron chi connectivity index (χ3n) is 3.00. The number of benzene rings is 2. The summed E-state index contributed by atoms with van der Waals surface area (Å²) in [6.07, 6.45) is 0. The standard InChI is InChI=1S/C15H17BrN2O/c1-10-4-3-5-13(17)15(10)18-9-11-8-12(16)6-7-14(11)19-2/h3-8,18H,9,17H2,1-2H3. The molecule has 4 heteroatoms. The maximum Gasteiger partial charge on any atom is 0.123 e. The van der Waals surface area contributed by atoms with E-state index in [1.807, 2.05) is 43.3 Å². The highest BCUT2D eigenvalue weighted by Gasteiger charge is 2.06. The molecule has 0 radical (unpaired) electrons. The normalized spacial score (nSPS) is 10.3. The summed E-state index contributed by atoms with van der Waals surface area (Å²) in [6.45, 7) is 2.70. The second kappa shape index (κ2) is 5.97. The summed E-state index contributed by atoms with van der Waals surface area (Å²) in [4.78, 5) is 0. The van der Waals surface area contributed by atoms with E-state index in [0.29, 0.717) is 6.54 Å². The van der Waals surface area contributed by atoms with Crippen LogP contribution >= 0.6 is 15.9 Å². The number of anilines is 2. The topological polar surface area (TPSA) is 47.3 Å². The molecule has 2 aromatic rings. The van der Waals surface area contributed by atoms with Crippen LogP contribution in [0.2, 0.25) is 0 Å². The van der Waals surface area contributed by atoms with Gasteiger partial charge < -0.3 is 15.8 Å². The van der Waals surface area contributed by atoms with Crippen molar-refractivity contribution in [2.24, 2.45) is 0 Å². The van der Waals surface area contributed by atoms with Crippen LogP contribution in [0.15, 0.2) is 40.9 Å². The predicted molar refractivity (Wildman–Crippen MR) is 83.6 cm³/mol. The molecular weight excluding hydrogens is 304 g/mol. The van der Waals surface area contributed by atoms with Gasteiger partial charge in [-0.05, 0) is 36.8 Å². The molecule has 0 aliphatic heterocycles. The molecule has 0 saturated heterocycles. The summed E-state index contributed by atoms with van der Waals surface area (Å²) < 4.78 is 6.39. The van der Waals surface area contributed by atoms with Crippen molar-refractivity contribution in [2.75, 3.05) is 18.2 Å². The van der Waals surface area contributed by atoms with Crippen LogP contribution in [0, 0.1) is 6.92 Å². The lowest BCUT2D eigenvalue weighted by atomic mass is 10.1. The molecule has 0 heterocycles. The number of aryl methyl sites for hydroxylation is 1. The van der Waals surface area contributed by atoms with Crippen LogP contribution in [0.25, 0.3) is 0 Å². The summed E-state index contributed by atoms with van der Waals surface area (Å²) in [5, 5.41) is 3.37. The number of nitrogen functional groups attached to an aromatic ring is 1. The molecule has 0 aliphatic rings. The number of nitrogens with two attached hydrogens (primary N) is 1. The molecule has 0 fully saturated rings. The molecule has 0 saturated carbocycles. The lowest BCUT2D eigenvalue weighted by molar-refractivity contribution is 0.410. The summed E-state index contributed by atoms with van der Waals surface area (Å²) in [5.74, 6) is 0.864. The quantitative estimate of drug-likeness (QED) is 0.838. The fraction of sp³-hybridized carbons (Fsp3) is 0.200. The minimum Gasteiger partial charge on any atom is -0.496 e. The van der Waals surface area contributed by atoms with Crippen LogP contribution in [0.3, 0.4) is 0 Å². The fourth-order valence-corrected chi connectivity index (χ4v) is 2.41. The van der Waals surface area contributed by atoms with Crippen LogP contribution < -0.4 is 15.8 Å². The number of rotatable bonds is 4. The molecule has 0 aromatic heterocycles. The van der Waals surface area contributed by atoms with Gasteiger partial charge in [0.25, 0.3) is 0 Å². The molecule has 3 N–H and O–H groups in total. The van der Waals surface area contributed by atoms with Gasteiger partial charge in [-0.2, -0.15) is 0 Å². The van der Waals surface area contributed by atoms with Gasteiger partial charge in [-0.25, -0.2) is 0 Å². The van der Waals surface area contributed by atoms with E-state index in [0.717, 1.165) is 32.7 Å². The Kier molecular flexibility index (Phi) is 4.32. The van der Waals surface area contributed by atoms with Gasteiger partial charge in [-0.1, -0.05) is 28.1 Å². The first-order valence-corrected chi connectivity index (χ1v) is 6.82. The lowest BCUT2D eigenvalue weighted by Crippen LogP contribution is -2.05. The Morgan fingerprint density at radius 1 is 1.26 bits per heavy atom. The van der Waals surface area contributed by atoms with Crippen molar-refractivity contribution in [2.45, 2.75) is 13.5 Å². The first-order valence-electron chi connectivity index (χ1n) is 6.03. The lowest BCUT2D eigenvalue weighted by Gasteiger charge is -2.14. The van der Waals surface area contributed by atoms with E-state index in [-0.39, 0.29) is 0 Å². The van der Waals surface area contributed by atoms with Crippen molar-refractivity contribution < 1.29 is 4.74 Å². The second-order valence-corrected chi connectivity index (χ2v) is 5.26. The van der Waals surface area contributed by atoms with Crippen LogP contribution in [0.4, 0.5) is 11.4 Å². The summed E-state index contributed by atoms with van der Waals surface area (Å²) >= 11 is 3.47. The number of ether oxygens (including phenoxy) is 1. The van der Waals surface area contributed by atoms with Gasteiger partial charge >= 0.3 is 0 Å². The molecular formula is C15H17BrN2O. The zero-order chi connectivity index (χ0) is 13.8. The minimum absolute atomic E-state index is 0.664. The molecule has 3 nitrogen and oxygen atoms in total. The number of hydrogen-bond acceptors (Lipinski definition) is 3. The van der Waals surface area contributed by atoms with Crippen LogP contribution in [0.5, 0.6) is 5.75 Å². The van der Waals surface area contributed by atoms with E-state index in [4.69, 9.17) is 10.5 Å². The Labute approximate surface area is 121 Å². The number of para-hydroxylation sites is 1. The monoisotopic (exact) mass is 320 g/mol. The predicted octanol–water partition coefficient (Wildman–Crippen LogP) is 3.96. The highest BCUT2D eigenvalue weighted by Crippen LogP contribution is 2.27. The average Bonchev–Trinajstić information content (AvgIpc) is 2.38. The molecule has 0 aliphatic carbocycles. The summed E-state index contributed by atoms with van der Waals surface area (Å²) in [6, 6.07) is 11.8. The maximum atomic E-state index is 5.98. The zero-order valence-corrected chi connectivity index (χ0v) is 12.6. The summed E-state index contributed by atoms with van der Waals surface area (Å²) in [7, 11) is 1.68. The summed E-state index contributed by atoms with van der Waals surface area (Å²) in [5.41, 5.74) is 9.93. The molecule has 0 amide bonds. The Hall–Kier alpha value is -1.68. The van der Waals surface area contributed by atoms with Crippen molar-refractivity contribution in [1.29, 1.82) is 0 Å². The van der Waals surface area contributed by atoms with E-state index in [2.05, 4.69) is 21.2 Å². The first kappa shape index (κ1) is 13.7. The second-order valence-electron chi connectivity index (χ2n) is 4.35. The number of halogens is 1. The number of methoxy groups -OCH3 is 1. The Morgan fingerprint density at radius 2 is 2.05 bits per heavy atom. The van der Waals surface area contributed by atoms with E-state index in [1.54, 1.807) is 7.11 Å². The Bertz CT molecular complexity index is 564. The number of nitrogens with one attached hydrogen (secondary N) is 1. The maximum absolute atomic E-state index is 5.98. The average molecular weight is 321 g/mol. The van der Waals surface area contributed by atoms with Crippen molar-refractivity contribution >= 4 is 27.3 Å². The van der Waals surface area contributed by atoms with E-state index < -0.39 is 0 Å². The smallest absolute Gasteiger partial charge is 0.123 e. The van der Waals surface area contributed by atoms with Crippen LogP contribution in [0.1, 0.15) is 11.1 Å². The largest absolute Gasteiger partial charge is 0.496 e. The molecule has 2 rings (SSSR count). The Balaban J connectivity index is 2.21. The highest BCUT2D eigenvalue weighted by molar-refractivity contribution is 9.10. The molecule has 100 valence electrons. The SMILES string of the molecule is COc1ccc(Br)cc1CNc1c(C)cccc1N. The van der Waals surface area contributed by atoms with Gasteiger partial charge in [-0.3, -0.25) is 0 Å². The van der Waals surface area contributed by atoms with Gasteiger partial charge in [0, 0.05) is 16.6 Å². The molecule has 2 aromatic carbocycles. The van der Waals surface area contributed by atoms with Crippen molar-refractivity contribution in [3.05, 3.63) is 52.0 Å². The van der Waals surface area contributed by atoms with E-state index >= 15 is 0 Å². The first-order chi connectivity index (χ1) is 9.11. The third-order valence-corrected chi connectivity index (χ3v) is 3.50. The van der Waals surface area contributed by atoms with E-state index in [9.17, 15) is 0 Å². The van der Waals surface area contributed by atoms with Gasteiger partial charge in [0.15, 0.2) is 0 Å². The molecule has 19 heavy (non-hydrogen) atoms. The number of hydrogen-bond donors (Lipinski definition) is 2. The van der Waals surface area contributed by atoms with Crippen molar-refractivity contribution in [1.82, 2.24) is 0 Å². The van der Waals surface area contributed by atoms with Gasteiger partial charge in [0.05, 0.1) is 18.5 Å². The van der Waals surface area contributed by atoms with Gasteiger partial charge in [0.1, 0.15) is 5.75 Å². The minimum atomic E-state index is 0.664. The van der Waals surface area contributed by atoms with Gasteiger partial charge in [-0.15, -0.1) is 0 Å². The molecule has 0 bridgehead atoms. The fourth-order valence-electron chi connectivity index (χ4n) is 2.00. The Morgan fingerprint density at radius 3 is 2.74 bits per heavy atom. The van der Waals surface area contributed by atoms with Crippen LogP contribution in [-0.2, 0) is 6.54 Å². The van der Waals surface area contributed by atoms with Crippen molar-refractivity contribution in [3.8, 4) is 5.75 Å². The molecule has 0 spiro atoms. The molecule has 0 unspecified atom stereocenters. The van der Waals surface area contributed by atoms with Crippen LogP contribution in [-0.4, -0.2) is 7.11 Å². The zero-order valence-electron chi connectivity index (χ0n) is 11.0. The van der Waals surface area contributed by atoms with Crippen molar-refractivity contribution in [3.63, 3.8) is 0 Å². The molecule has 0 atom stereocenters. The van der Waals surface area contributed by atoms with Gasteiger partial charge in [0.2, 0.25) is 0 Å². The highest BCUT2D eigenvalue weighted by atomic mass is 79.9. The third kappa shape index (κ3) is 3.20.